The number of carbonyl (C=O) groups excluding carboxylic acids is 2. The van der Waals surface area contributed by atoms with E-state index in [1.165, 1.54) is 18.2 Å². The van der Waals surface area contributed by atoms with Crippen LogP contribution in [0.25, 0.3) is 6.08 Å². The normalized spacial score (nSPS) is 15.0. The number of benzene rings is 2. The highest BCUT2D eigenvalue weighted by atomic mass is 19.1. The van der Waals surface area contributed by atoms with E-state index >= 15 is 0 Å². The van der Waals surface area contributed by atoms with Crippen LogP contribution in [0, 0.1) is 11.7 Å². The Bertz CT molecular complexity index is 929. The number of rotatable bonds is 5. The zero-order valence-electron chi connectivity index (χ0n) is 14.9. The topological polar surface area (TPSA) is 65.0 Å². The summed E-state index contributed by atoms with van der Waals surface area (Å²) in [5.74, 6) is -1.39. The molecule has 0 radical (unpaired) electrons. The second-order valence-electron chi connectivity index (χ2n) is 6.43. The minimum Gasteiger partial charge on any atom is -0.462 e. The number of ether oxygens (including phenoxy) is 2. The van der Waals surface area contributed by atoms with E-state index in [0.717, 1.165) is 0 Å². The number of hydrogen-bond acceptors (Lipinski definition) is 5. The van der Waals surface area contributed by atoms with Crippen LogP contribution in [-0.2, 0) is 14.3 Å². The van der Waals surface area contributed by atoms with Crippen molar-refractivity contribution in [3.8, 4) is 0 Å². The summed E-state index contributed by atoms with van der Waals surface area (Å²) < 4.78 is 24.0. The molecule has 2 aromatic carbocycles. The first-order valence-corrected chi connectivity index (χ1v) is 8.48. The minimum absolute atomic E-state index is 0.0587. The summed E-state index contributed by atoms with van der Waals surface area (Å²) in [5, 5.41) is 0. The van der Waals surface area contributed by atoms with Gasteiger partial charge in [-0.1, -0.05) is 38.1 Å². The van der Waals surface area contributed by atoms with Gasteiger partial charge in [0.25, 0.3) is 0 Å². The molecule has 138 valence electrons. The fourth-order valence-electron chi connectivity index (χ4n) is 2.36. The Hall–Kier alpha value is -3.28. The van der Waals surface area contributed by atoms with E-state index in [1.807, 2.05) is 13.8 Å². The van der Waals surface area contributed by atoms with E-state index in [2.05, 4.69) is 4.99 Å². The molecular weight excluding hydrogens is 349 g/mol. The van der Waals surface area contributed by atoms with Crippen LogP contribution in [0.5, 0.6) is 0 Å². The lowest BCUT2D eigenvalue weighted by Gasteiger charge is -2.07. The summed E-state index contributed by atoms with van der Waals surface area (Å²) in [6, 6.07) is 12.5. The van der Waals surface area contributed by atoms with Gasteiger partial charge in [0.1, 0.15) is 5.82 Å². The Labute approximate surface area is 156 Å². The smallest absolute Gasteiger partial charge is 0.363 e. The molecule has 0 saturated carbocycles. The van der Waals surface area contributed by atoms with Gasteiger partial charge >= 0.3 is 11.9 Å². The molecule has 0 N–H and O–H groups in total. The Morgan fingerprint density at radius 2 is 1.89 bits per heavy atom. The third kappa shape index (κ3) is 4.47. The highest BCUT2D eigenvalue weighted by Gasteiger charge is 2.25. The average molecular weight is 367 g/mol. The second-order valence-corrected chi connectivity index (χ2v) is 6.43. The zero-order valence-corrected chi connectivity index (χ0v) is 14.9. The SMILES string of the molecule is CC(C)COC(=O)c1ccc(/C=C2\N=C(c3ccccc3F)OC2=O)cc1. The first kappa shape index (κ1) is 18.5. The van der Waals surface area contributed by atoms with E-state index in [9.17, 15) is 14.0 Å². The number of carbonyl (C=O) groups is 2. The summed E-state index contributed by atoms with van der Waals surface area (Å²) in [5.41, 5.74) is 1.25. The van der Waals surface area contributed by atoms with E-state index in [-0.39, 0.29) is 23.1 Å². The van der Waals surface area contributed by atoms with Crippen molar-refractivity contribution >= 4 is 23.9 Å². The Morgan fingerprint density at radius 1 is 1.19 bits per heavy atom. The lowest BCUT2D eigenvalue weighted by molar-refractivity contribution is -0.129. The van der Waals surface area contributed by atoms with Crippen LogP contribution in [0.1, 0.15) is 35.3 Å². The molecule has 0 saturated heterocycles. The van der Waals surface area contributed by atoms with Gasteiger partial charge in [0.2, 0.25) is 5.90 Å². The third-order valence-electron chi connectivity index (χ3n) is 3.72. The molecule has 6 heteroatoms. The molecule has 0 spiro atoms. The van der Waals surface area contributed by atoms with E-state index in [0.29, 0.717) is 17.7 Å². The van der Waals surface area contributed by atoms with Crippen LogP contribution in [0.2, 0.25) is 0 Å². The maximum Gasteiger partial charge on any atom is 0.363 e. The van der Waals surface area contributed by atoms with E-state index in [1.54, 1.807) is 36.4 Å². The highest BCUT2D eigenvalue weighted by molar-refractivity contribution is 6.13. The van der Waals surface area contributed by atoms with Crippen molar-refractivity contribution in [1.29, 1.82) is 0 Å². The molecule has 0 atom stereocenters. The summed E-state index contributed by atoms with van der Waals surface area (Å²) >= 11 is 0. The van der Waals surface area contributed by atoms with Crippen LogP contribution < -0.4 is 0 Å². The van der Waals surface area contributed by atoms with Crippen molar-refractivity contribution in [3.05, 3.63) is 76.7 Å². The number of halogens is 1. The summed E-state index contributed by atoms with van der Waals surface area (Å²) in [6.45, 7) is 4.27. The van der Waals surface area contributed by atoms with Crippen LogP contribution in [0.15, 0.2) is 59.2 Å². The molecular formula is C21H18FNO4. The second kappa shape index (κ2) is 7.95. The number of hydrogen-bond donors (Lipinski definition) is 0. The van der Waals surface area contributed by atoms with Gasteiger partial charge in [-0.15, -0.1) is 0 Å². The van der Waals surface area contributed by atoms with Crippen LogP contribution in [0.3, 0.4) is 0 Å². The molecule has 0 unspecified atom stereocenters. The Morgan fingerprint density at radius 3 is 2.56 bits per heavy atom. The van der Waals surface area contributed by atoms with Crippen LogP contribution in [0.4, 0.5) is 4.39 Å². The van der Waals surface area contributed by atoms with Gasteiger partial charge < -0.3 is 9.47 Å². The average Bonchev–Trinajstić information content (AvgIpc) is 3.01. The summed E-state index contributed by atoms with van der Waals surface area (Å²) in [4.78, 5) is 28.0. The lowest BCUT2D eigenvalue weighted by Crippen LogP contribution is -2.10. The van der Waals surface area contributed by atoms with Crippen molar-refractivity contribution in [2.24, 2.45) is 10.9 Å². The number of aliphatic imine (C=N–C) groups is 1. The predicted molar refractivity (Wildman–Crippen MR) is 98.6 cm³/mol. The van der Waals surface area contributed by atoms with Gasteiger partial charge in [0.15, 0.2) is 5.70 Å². The fourth-order valence-corrected chi connectivity index (χ4v) is 2.36. The van der Waals surface area contributed by atoms with E-state index < -0.39 is 17.8 Å². The molecule has 0 aromatic heterocycles. The molecule has 27 heavy (non-hydrogen) atoms. The fraction of sp³-hybridized carbons (Fsp3) is 0.190. The number of nitrogens with zero attached hydrogens (tertiary/aromatic N) is 1. The molecule has 1 heterocycles. The predicted octanol–water partition coefficient (Wildman–Crippen LogP) is 3.98. The molecule has 0 bridgehead atoms. The van der Waals surface area contributed by atoms with Gasteiger partial charge in [-0.3, -0.25) is 0 Å². The monoisotopic (exact) mass is 367 g/mol. The van der Waals surface area contributed by atoms with Crippen molar-refractivity contribution in [2.45, 2.75) is 13.8 Å². The largest absolute Gasteiger partial charge is 0.462 e. The summed E-state index contributed by atoms with van der Waals surface area (Å²) in [6.07, 6.45) is 1.51. The van der Waals surface area contributed by atoms with Gasteiger partial charge in [-0.2, -0.15) is 0 Å². The first-order valence-electron chi connectivity index (χ1n) is 8.48. The number of cyclic esters (lactones) is 1. The number of esters is 2. The highest BCUT2D eigenvalue weighted by Crippen LogP contribution is 2.21. The Kier molecular flexibility index (Phi) is 5.45. The molecule has 2 aromatic rings. The molecule has 0 aliphatic carbocycles. The van der Waals surface area contributed by atoms with Gasteiger partial charge in [0.05, 0.1) is 17.7 Å². The van der Waals surface area contributed by atoms with Gasteiger partial charge in [-0.05, 0) is 41.8 Å². The molecule has 0 amide bonds. The van der Waals surface area contributed by atoms with Crippen LogP contribution in [-0.4, -0.2) is 24.4 Å². The maximum absolute atomic E-state index is 13.8. The molecule has 1 aliphatic rings. The third-order valence-corrected chi connectivity index (χ3v) is 3.72. The molecule has 3 rings (SSSR count). The quantitative estimate of drug-likeness (QED) is 0.592. The van der Waals surface area contributed by atoms with Crippen molar-refractivity contribution in [2.75, 3.05) is 6.61 Å². The maximum atomic E-state index is 13.8. The van der Waals surface area contributed by atoms with Crippen molar-refractivity contribution in [1.82, 2.24) is 0 Å². The first-order chi connectivity index (χ1) is 12.9. The van der Waals surface area contributed by atoms with Gasteiger partial charge in [0, 0.05) is 0 Å². The van der Waals surface area contributed by atoms with E-state index in [4.69, 9.17) is 9.47 Å². The van der Waals surface area contributed by atoms with Gasteiger partial charge in [-0.25, -0.2) is 19.0 Å². The summed E-state index contributed by atoms with van der Waals surface area (Å²) in [7, 11) is 0. The minimum atomic E-state index is -0.659. The van der Waals surface area contributed by atoms with Crippen molar-refractivity contribution < 1.29 is 23.5 Å². The molecule has 0 fully saturated rings. The standard InChI is InChI=1S/C21H18FNO4/c1-13(2)12-26-20(24)15-9-7-14(8-10-15)11-18-21(25)27-19(23-18)16-5-3-4-6-17(16)22/h3-11,13H,12H2,1-2H3/b18-11-. The van der Waals surface area contributed by atoms with Crippen molar-refractivity contribution in [3.63, 3.8) is 0 Å². The zero-order chi connectivity index (χ0) is 19.4. The Balaban J connectivity index is 1.77. The molecule has 5 nitrogen and oxygen atoms in total. The lowest BCUT2D eigenvalue weighted by atomic mass is 10.1. The van der Waals surface area contributed by atoms with Crippen LogP contribution >= 0.6 is 0 Å². The molecule has 1 aliphatic heterocycles.